The zero-order valence-electron chi connectivity index (χ0n) is 11.2. The summed E-state index contributed by atoms with van der Waals surface area (Å²) in [5.41, 5.74) is 2.71. The Bertz CT molecular complexity index is 436. The molecular formula is C15H21N3. The molecule has 0 aromatic heterocycles. The van der Waals surface area contributed by atoms with E-state index in [-0.39, 0.29) is 6.04 Å². The van der Waals surface area contributed by atoms with E-state index in [1.54, 1.807) is 0 Å². The second-order valence-electron chi connectivity index (χ2n) is 4.91. The van der Waals surface area contributed by atoms with Crippen LogP contribution in [0, 0.1) is 11.3 Å². The van der Waals surface area contributed by atoms with Crippen LogP contribution < -0.4 is 10.2 Å². The van der Waals surface area contributed by atoms with Crippen LogP contribution in [0.5, 0.6) is 0 Å². The number of likely N-dealkylation sites (N-methyl/N-ethyl adjacent to an activating group) is 1. The summed E-state index contributed by atoms with van der Waals surface area (Å²) in [5, 5.41) is 12.4. The second kappa shape index (κ2) is 5.88. The van der Waals surface area contributed by atoms with Crippen LogP contribution in [-0.4, -0.2) is 25.2 Å². The third kappa shape index (κ3) is 2.65. The molecule has 0 radical (unpaired) electrons. The van der Waals surface area contributed by atoms with Crippen molar-refractivity contribution in [1.82, 2.24) is 5.32 Å². The number of para-hydroxylation sites is 1. The summed E-state index contributed by atoms with van der Waals surface area (Å²) >= 11 is 0. The van der Waals surface area contributed by atoms with Gasteiger partial charge in [-0.2, -0.15) is 5.26 Å². The Hall–Kier alpha value is -1.53. The van der Waals surface area contributed by atoms with Crippen molar-refractivity contribution in [3.8, 4) is 6.07 Å². The van der Waals surface area contributed by atoms with E-state index in [9.17, 15) is 5.26 Å². The fraction of sp³-hybridized carbons (Fsp3) is 0.533. The van der Waals surface area contributed by atoms with Gasteiger partial charge in [-0.1, -0.05) is 25.1 Å². The maximum absolute atomic E-state index is 9.18. The number of aryl methyl sites for hydroxylation is 1. The molecule has 0 aliphatic carbocycles. The van der Waals surface area contributed by atoms with Gasteiger partial charge in [-0.3, -0.25) is 0 Å². The first-order chi connectivity index (χ1) is 8.76. The van der Waals surface area contributed by atoms with Crippen LogP contribution in [-0.2, 0) is 6.42 Å². The number of anilines is 1. The Morgan fingerprint density at radius 3 is 3.00 bits per heavy atom. The van der Waals surface area contributed by atoms with Gasteiger partial charge >= 0.3 is 0 Å². The van der Waals surface area contributed by atoms with Crippen LogP contribution in [0.1, 0.15) is 25.8 Å². The predicted octanol–water partition coefficient (Wildman–Crippen LogP) is 2.33. The molecule has 1 aromatic carbocycles. The van der Waals surface area contributed by atoms with Gasteiger partial charge < -0.3 is 10.2 Å². The van der Waals surface area contributed by atoms with Gasteiger partial charge in [0.1, 0.15) is 6.04 Å². The molecule has 0 fully saturated rings. The number of nitrogens with zero attached hydrogens (tertiary/aromatic N) is 2. The van der Waals surface area contributed by atoms with Gasteiger partial charge in [-0.25, -0.2) is 0 Å². The molecule has 1 aliphatic rings. The Morgan fingerprint density at radius 1 is 1.50 bits per heavy atom. The van der Waals surface area contributed by atoms with Gasteiger partial charge in [0.05, 0.1) is 6.07 Å². The molecule has 3 nitrogen and oxygen atoms in total. The number of fused-ring (bicyclic) bond motifs is 1. The maximum Gasteiger partial charge on any atom is 0.113 e. The molecule has 1 aromatic rings. The fourth-order valence-corrected chi connectivity index (χ4v) is 2.63. The van der Waals surface area contributed by atoms with E-state index in [1.807, 2.05) is 6.92 Å². The summed E-state index contributed by atoms with van der Waals surface area (Å²) in [7, 11) is 0. The highest BCUT2D eigenvalue weighted by molar-refractivity contribution is 5.56. The van der Waals surface area contributed by atoms with Gasteiger partial charge in [0.2, 0.25) is 0 Å². The molecule has 96 valence electrons. The minimum absolute atomic E-state index is 0.0939. The SMILES string of the molecule is CCNC(C#N)CN1c2ccccc2CCC1C. The highest BCUT2D eigenvalue weighted by Gasteiger charge is 2.24. The molecule has 2 atom stereocenters. The van der Waals surface area contributed by atoms with Crippen LogP contribution in [0.2, 0.25) is 0 Å². The van der Waals surface area contributed by atoms with Gasteiger partial charge in [-0.05, 0) is 37.9 Å². The minimum atomic E-state index is -0.0939. The number of rotatable bonds is 4. The van der Waals surface area contributed by atoms with E-state index in [2.05, 4.69) is 47.5 Å². The van der Waals surface area contributed by atoms with Crippen molar-refractivity contribution in [2.45, 2.75) is 38.8 Å². The highest BCUT2D eigenvalue weighted by atomic mass is 15.2. The third-order valence-corrected chi connectivity index (χ3v) is 3.65. The molecule has 1 N–H and O–H groups in total. The zero-order chi connectivity index (χ0) is 13.0. The zero-order valence-corrected chi connectivity index (χ0v) is 11.2. The fourth-order valence-electron chi connectivity index (χ4n) is 2.63. The van der Waals surface area contributed by atoms with Crippen molar-refractivity contribution in [1.29, 1.82) is 5.26 Å². The lowest BCUT2D eigenvalue weighted by molar-refractivity contribution is 0.518. The van der Waals surface area contributed by atoms with Crippen molar-refractivity contribution in [3.63, 3.8) is 0 Å². The van der Waals surface area contributed by atoms with E-state index in [0.717, 1.165) is 19.5 Å². The average molecular weight is 243 g/mol. The monoisotopic (exact) mass is 243 g/mol. The van der Waals surface area contributed by atoms with Crippen molar-refractivity contribution >= 4 is 5.69 Å². The number of hydrogen-bond donors (Lipinski definition) is 1. The summed E-state index contributed by atoms with van der Waals surface area (Å²) in [4.78, 5) is 2.37. The van der Waals surface area contributed by atoms with Gasteiger partial charge in [-0.15, -0.1) is 0 Å². The van der Waals surface area contributed by atoms with Gasteiger partial charge in [0, 0.05) is 18.3 Å². The highest BCUT2D eigenvalue weighted by Crippen LogP contribution is 2.30. The largest absolute Gasteiger partial charge is 0.366 e. The van der Waals surface area contributed by atoms with E-state index in [1.165, 1.54) is 17.7 Å². The first-order valence-electron chi connectivity index (χ1n) is 6.73. The first kappa shape index (κ1) is 12.9. The van der Waals surface area contributed by atoms with Gasteiger partial charge in [0.15, 0.2) is 0 Å². The van der Waals surface area contributed by atoms with Crippen LogP contribution in [0.15, 0.2) is 24.3 Å². The maximum atomic E-state index is 9.18. The van der Waals surface area contributed by atoms with E-state index in [4.69, 9.17) is 0 Å². The lowest BCUT2D eigenvalue weighted by Gasteiger charge is -2.38. The average Bonchev–Trinajstić information content (AvgIpc) is 2.41. The summed E-state index contributed by atoms with van der Waals surface area (Å²) in [5.74, 6) is 0. The molecule has 0 bridgehead atoms. The van der Waals surface area contributed by atoms with E-state index >= 15 is 0 Å². The number of benzene rings is 1. The Morgan fingerprint density at radius 2 is 2.28 bits per heavy atom. The number of nitriles is 1. The first-order valence-corrected chi connectivity index (χ1v) is 6.73. The molecule has 1 aliphatic heterocycles. The Labute approximate surface area is 109 Å². The molecule has 0 saturated heterocycles. The molecule has 18 heavy (non-hydrogen) atoms. The summed E-state index contributed by atoms with van der Waals surface area (Å²) in [6.45, 7) is 5.89. The van der Waals surface area contributed by atoms with Crippen molar-refractivity contribution < 1.29 is 0 Å². The van der Waals surface area contributed by atoms with Crippen molar-refractivity contribution in [3.05, 3.63) is 29.8 Å². The summed E-state index contributed by atoms with van der Waals surface area (Å²) in [6.07, 6.45) is 2.31. The van der Waals surface area contributed by atoms with Crippen LogP contribution in [0.3, 0.4) is 0 Å². The molecule has 0 amide bonds. The number of nitrogens with one attached hydrogen (secondary N) is 1. The van der Waals surface area contributed by atoms with E-state index < -0.39 is 0 Å². The smallest absolute Gasteiger partial charge is 0.113 e. The Kier molecular flexibility index (Phi) is 4.22. The van der Waals surface area contributed by atoms with Crippen LogP contribution >= 0.6 is 0 Å². The lowest BCUT2D eigenvalue weighted by atomic mass is 9.96. The topological polar surface area (TPSA) is 39.1 Å². The predicted molar refractivity (Wildman–Crippen MR) is 74.6 cm³/mol. The quantitative estimate of drug-likeness (QED) is 0.882. The molecular weight excluding hydrogens is 222 g/mol. The minimum Gasteiger partial charge on any atom is -0.366 e. The lowest BCUT2D eigenvalue weighted by Crippen LogP contribution is -2.46. The van der Waals surface area contributed by atoms with Crippen LogP contribution in [0.25, 0.3) is 0 Å². The standard InChI is InChI=1S/C15H21N3/c1-3-17-14(10-16)11-18-12(2)8-9-13-6-4-5-7-15(13)18/h4-7,12,14,17H,3,8-9,11H2,1-2H3. The van der Waals surface area contributed by atoms with Crippen molar-refractivity contribution in [2.24, 2.45) is 0 Å². The molecule has 1 heterocycles. The molecule has 0 spiro atoms. The Balaban J connectivity index is 2.19. The summed E-state index contributed by atoms with van der Waals surface area (Å²) < 4.78 is 0. The summed E-state index contributed by atoms with van der Waals surface area (Å²) in [6, 6.07) is 11.3. The molecule has 2 unspecified atom stereocenters. The van der Waals surface area contributed by atoms with Crippen molar-refractivity contribution in [2.75, 3.05) is 18.0 Å². The normalized spacial score (nSPS) is 20.1. The van der Waals surface area contributed by atoms with Gasteiger partial charge in [0.25, 0.3) is 0 Å². The molecule has 0 saturated carbocycles. The number of hydrogen-bond acceptors (Lipinski definition) is 3. The third-order valence-electron chi connectivity index (χ3n) is 3.65. The van der Waals surface area contributed by atoms with Crippen LogP contribution in [0.4, 0.5) is 5.69 Å². The second-order valence-corrected chi connectivity index (χ2v) is 4.91. The molecule has 3 heteroatoms. The van der Waals surface area contributed by atoms with E-state index in [0.29, 0.717) is 6.04 Å². The molecule has 2 rings (SSSR count).